The van der Waals surface area contributed by atoms with Gasteiger partial charge in [-0.1, -0.05) is 114 Å². The third-order valence-electron chi connectivity index (χ3n) is 10.2. The van der Waals surface area contributed by atoms with E-state index >= 15 is 0 Å². The number of piperidine rings is 2. The first-order valence-corrected chi connectivity index (χ1v) is 19.0. The van der Waals surface area contributed by atoms with Crippen molar-refractivity contribution in [1.29, 1.82) is 0 Å². The lowest BCUT2D eigenvalue weighted by atomic mass is 9.79. The molecule has 0 aliphatic carbocycles. The van der Waals surface area contributed by atoms with Crippen LogP contribution in [0.25, 0.3) is 0 Å². The van der Waals surface area contributed by atoms with E-state index in [1.54, 1.807) is 14.2 Å². The standard InChI is InChI=1S/C25H28N2O.C19H22Cl2N2O.2ClH/c1-28-23-15-9-8-14-21(23)18-27-25-22(19-10-4-2-5-11-19)16-17-26-24(25)20-12-6-3-7-13-20;1-24-18-8-7-16(21)11-14(18)12-23-17-6-3-9-22-19(17)13-4-2-5-15(20)10-13;;/h2-15,22,24-27H,16-18H2,1H3;2,4-5,7-8,10-11,17,19,22-23H,3,6,9,12H2,1H3;2*1H. The molecule has 0 bridgehead atoms. The molecule has 5 atom stereocenters. The summed E-state index contributed by atoms with van der Waals surface area (Å²) in [6.07, 6.45) is 3.39. The maximum absolute atomic E-state index is 6.16. The zero-order valence-corrected chi connectivity index (χ0v) is 34.0. The summed E-state index contributed by atoms with van der Waals surface area (Å²) in [4.78, 5) is 0. The Kier molecular flexibility index (Phi) is 17.9. The van der Waals surface area contributed by atoms with Crippen LogP contribution in [0.1, 0.15) is 65.1 Å². The summed E-state index contributed by atoms with van der Waals surface area (Å²) in [6, 6.07) is 44.9. The maximum Gasteiger partial charge on any atom is 0.123 e. The molecule has 5 unspecified atom stereocenters. The molecule has 54 heavy (non-hydrogen) atoms. The highest BCUT2D eigenvalue weighted by Crippen LogP contribution is 2.35. The molecule has 5 aromatic rings. The normalized spacial score (nSPS) is 20.6. The molecule has 0 amide bonds. The van der Waals surface area contributed by atoms with Crippen LogP contribution in [-0.2, 0) is 13.1 Å². The zero-order chi connectivity index (χ0) is 36.1. The molecule has 2 fully saturated rings. The van der Waals surface area contributed by atoms with E-state index in [9.17, 15) is 0 Å². The van der Waals surface area contributed by atoms with Crippen molar-refractivity contribution in [2.75, 3.05) is 27.3 Å². The van der Waals surface area contributed by atoms with E-state index in [1.807, 2.05) is 48.5 Å². The van der Waals surface area contributed by atoms with Gasteiger partial charge in [0, 0.05) is 64.3 Å². The van der Waals surface area contributed by atoms with Crippen LogP contribution >= 0.6 is 48.0 Å². The molecule has 0 aromatic heterocycles. The minimum atomic E-state index is 0. The summed E-state index contributed by atoms with van der Waals surface area (Å²) in [6.45, 7) is 3.54. The zero-order valence-electron chi connectivity index (χ0n) is 30.8. The Balaban J connectivity index is 0.000000235. The van der Waals surface area contributed by atoms with Crippen molar-refractivity contribution in [3.8, 4) is 11.5 Å². The van der Waals surface area contributed by atoms with Crippen molar-refractivity contribution in [3.63, 3.8) is 0 Å². The molecule has 10 heteroatoms. The van der Waals surface area contributed by atoms with Gasteiger partial charge in [0.25, 0.3) is 0 Å². The number of rotatable bonds is 11. The van der Waals surface area contributed by atoms with Gasteiger partial charge in [-0.25, -0.2) is 0 Å². The minimum Gasteiger partial charge on any atom is -0.496 e. The fourth-order valence-electron chi connectivity index (χ4n) is 7.61. The summed E-state index contributed by atoms with van der Waals surface area (Å²) in [5, 5.41) is 16.4. The summed E-state index contributed by atoms with van der Waals surface area (Å²) >= 11 is 12.3. The van der Waals surface area contributed by atoms with E-state index in [1.165, 1.54) is 22.3 Å². The van der Waals surface area contributed by atoms with Crippen molar-refractivity contribution < 1.29 is 9.47 Å². The van der Waals surface area contributed by atoms with Gasteiger partial charge < -0.3 is 30.7 Å². The molecule has 2 saturated heterocycles. The first kappa shape index (κ1) is 43.4. The largest absolute Gasteiger partial charge is 0.496 e. The van der Waals surface area contributed by atoms with Crippen molar-refractivity contribution in [1.82, 2.24) is 21.3 Å². The number of para-hydroxylation sites is 1. The quantitative estimate of drug-likeness (QED) is 0.107. The number of nitrogens with one attached hydrogen (secondary N) is 4. The molecule has 0 spiro atoms. The van der Waals surface area contributed by atoms with E-state index in [-0.39, 0.29) is 36.9 Å². The minimum absolute atomic E-state index is 0. The van der Waals surface area contributed by atoms with Gasteiger partial charge in [-0.2, -0.15) is 0 Å². The summed E-state index contributed by atoms with van der Waals surface area (Å²) in [7, 11) is 3.42. The van der Waals surface area contributed by atoms with Crippen molar-refractivity contribution in [2.45, 2.75) is 62.4 Å². The van der Waals surface area contributed by atoms with E-state index in [0.717, 1.165) is 66.0 Å². The second kappa shape index (κ2) is 22.3. The van der Waals surface area contributed by atoms with E-state index in [0.29, 0.717) is 24.5 Å². The molecule has 7 rings (SSSR count). The second-order valence-electron chi connectivity index (χ2n) is 13.4. The topological polar surface area (TPSA) is 66.6 Å². The first-order chi connectivity index (χ1) is 25.5. The van der Waals surface area contributed by atoms with Crippen molar-refractivity contribution >= 4 is 48.0 Å². The van der Waals surface area contributed by atoms with Crippen LogP contribution in [0.4, 0.5) is 0 Å². The van der Waals surface area contributed by atoms with Crippen LogP contribution in [0.2, 0.25) is 10.0 Å². The number of hydrogen-bond donors (Lipinski definition) is 4. The fourth-order valence-corrected chi connectivity index (χ4v) is 8.01. The Morgan fingerprint density at radius 2 is 1.19 bits per heavy atom. The Bertz CT molecular complexity index is 1790. The maximum atomic E-state index is 6.16. The van der Waals surface area contributed by atoms with Crippen LogP contribution in [0.15, 0.2) is 127 Å². The Hall–Kier alpha value is -3.30. The Labute approximate surface area is 343 Å². The average Bonchev–Trinajstić information content (AvgIpc) is 3.20. The Morgan fingerprint density at radius 3 is 1.91 bits per heavy atom. The molecule has 5 aromatic carbocycles. The first-order valence-electron chi connectivity index (χ1n) is 18.3. The van der Waals surface area contributed by atoms with E-state index in [2.05, 4.69) is 100 Å². The van der Waals surface area contributed by atoms with Gasteiger partial charge in [-0.05, 0) is 85.4 Å². The highest BCUT2D eigenvalue weighted by Gasteiger charge is 2.34. The number of methoxy groups -OCH3 is 2. The van der Waals surface area contributed by atoms with Gasteiger partial charge in [-0.3, -0.25) is 0 Å². The number of benzene rings is 5. The lowest BCUT2D eigenvalue weighted by Gasteiger charge is -2.40. The van der Waals surface area contributed by atoms with Gasteiger partial charge in [-0.15, -0.1) is 24.8 Å². The number of ether oxygens (including phenoxy) is 2. The molecular weight excluding hydrogens is 758 g/mol. The third kappa shape index (κ3) is 11.6. The van der Waals surface area contributed by atoms with Gasteiger partial charge in [0.2, 0.25) is 0 Å². The monoisotopic (exact) mass is 808 g/mol. The highest BCUT2D eigenvalue weighted by atomic mass is 35.5. The molecule has 0 saturated carbocycles. The molecule has 4 N–H and O–H groups in total. The number of hydrogen-bond acceptors (Lipinski definition) is 6. The summed E-state index contributed by atoms with van der Waals surface area (Å²) in [5.41, 5.74) is 6.22. The van der Waals surface area contributed by atoms with E-state index in [4.69, 9.17) is 32.7 Å². The van der Waals surface area contributed by atoms with Crippen molar-refractivity contribution in [3.05, 3.63) is 165 Å². The lowest BCUT2D eigenvalue weighted by Crippen LogP contribution is -2.50. The molecule has 2 aliphatic heterocycles. The van der Waals surface area contributed by atoms with Gasteiger partial charge >= 0.3 is 0 Å². The van der Waals surface area contributed by atoms with Crippen LogP contribution < -0.4 is 30.7 Å². The van der Waals surface area contributed by atoms with Crippen LogP contribution in [0.5, 0.6) is 11.5 Å². The summed E-state index contributed by atoms with van der Waals surface area (Å²) in [5.74, 6) is 2.25. The predicted molar refractivity (Wildman–Crippen MR) is 229 cm³/mol. The van der Waals surface area contributed by atoms with E-state index < -0.39 is 0 Å². The van der Waals surface area contributed by atoms with Gasteiger partial charge in [0.05, 0.1) is 14.2 Å². The predicted octanol–water partition coefficient (Wildman–Crippen LogP) is 10.1. The fraction of sp³-hybridized carbons (Fsp3) is 0.318. The van der Waals surface area contributed by atoms with Crippen LogP contribution in [0.3, 0.4) is 0 Å². The highest BCUT2D eigenvalue weighted by molar-refractivity contribution is 6.31. The molecule has 6 nitrogen and oxygen atoms in total. The summed E-state index contributed by atoms with van der Waals surface area (Å²) < 4.78 is 11.0. The Morgan fingerprint density at radius 1 is 0.574 bits per heavy atom. The molecule has 0 radical (unpaired) electrons. The molecular formula is C44H52Cl4N4O2. The second-order valence-corrected chi connectivity index (χ2v) is 14.3. The van der Waals surface area contributed by atoms with Crippen LogP contribution in [0, 0.1) is 0 Å². The lowest BCUT2D eigenvalue weighted by molar-refractivity contribution is 0.267. The van der Waals surface area contributed by atoms with Crippen molar-refractivity contribution in [2.24, 2.45) is 0 Å². The van der Waals surface area contributed by atoms with Gasteiger partial charge in [0.15, 0.2) is 0 Å². The smallest absolute Gasteiger partial charge is 0.123 e. The van der Waals surface area contributed by atoms with Crippen LogP contribution in [-0.4, -0.2) is 39.4 Å². The molecule has 2 heterocycles. The average molecular weight is 811 g/mol. The SMILES string of the molecule is COc1ccc(Cl)cc1CNC1CCCNC1c1cccc(Cl)c1.COc1ccccc1CNC1C(c2ccccc2)CCNC1c1ccccc1.Cl.Cl. The number of halogens is 4. The molecule has 288 valence electrons. The van der Waals surface area contributed by atoms with Gasteiger partial charge in [0.1, 0.15) is 11.5 Å². The third-order valence-corrected chi connectivity index (χ3v) is 10.7. The molecule has 2 aliphatic rings.